The van der Waals surface area contributed by atoms with Gasteiger partial charge in [0.1, 0.15) is 5.75 Å². The molecule has 3 aliphatic rings. The average molecular weight is 517 g/mol. The Morgan fingerprint density at radius 3 is 2.63 bits per heavy atom. The largest absolute Gasteiger partial charge is 0.427 e. The van der Waals surface area contributed by atoms with Gasteiger partial charge in [0, 0.05) is 37.9 Å². The molecular weight excluding hydrogens is 472 g/mol. The molecule has 0 spiro atoms. The fourth-order valence-electron chi connectivity index (χ4n) is 6.94. The Balaban J connectivity index is 1.19. The van der Waals surface area contributed by atoms with Gasteiger partial charge in [-0.1, -0.05) is 48.9 Å². The second-order valence-corrected chi connectivity index (χ2v) is 12.0. The van der Waals surface area contributed by atoms with Gasteiger partial charge in [0.2, 0.25) is 5.91 Å². The molecule has 5 heteroatoms. The molecule has 1 amide bonds. The number of hydrogen-bond acceptors (Lipinski definition) is 4. The fraction of sp³-hybridized carbons (Fsp3) is 0.576. The van der Waals surface area contributed by atoms with Crippen LogP contribution in [0.25, 0.3) is 0 Å². The molecule has 0 unspecified atom stereocenters. The van der Waals surface area contributed by atoms with Crippen LogP contribution in [0, 0.1) is 11.8 Å². The van der Waals surface area contributed by atoms with Crippen LogP contribution in [0.5, 0.6) is 5.75 Å². The summed E-state index contributed by atoms with van der Waals surface area (Å²) in [6.45, 7) is 4.94. The summed E-state index contributed by atoms with van der Waals surface area (Å²) in [5.41, 5.74) is 2.66. The summed E-state index contributed by atoms with van der Waals surface area (Å²) < 4.78 is 5.47. The number of likely N-dealkylation sites (tertiary alicyclic amines) is 1. The number of benzene rings is 2. The van der Waals surface area contributed by atoms with Crippen LogP contribution in [0.1, 0.15) is 82.3 Å². The van der Waals surface area contributed by atoms with Crippen molar-refractivity contribution in [2.75, 3.05) is 19.6 Å². The van der Waals surface area contributed by atoms with Gasteiger partial charge < -0.3 is 15.0 Å². The molecule has 3 fully saturated rings. The van der Waals surface area contributed by atoms with Crippen molar-refractivity contribution in [3.05, 3.63) is 65.7 Å². The SMILES string of the molecule is CC(=O)Oc1cccc([C@@]23CCN(CC4CC4)C[C@H]2CC[C@@H](NC(=O)CCCCCc2ccccc2)C3)c1. The van der Waals surface area contributed by atoms with Gasteiger partial charge in [-0.15, -0.1) is 0 Å². The Kier molecular flexibility index (Phi) is 8.83. The number of aryl methyl sites for hydroxylation is 1. The summed E-state index contributed by atoms with van der Waals surface area (Å²) in [6, 6.07) is 19.0. The minimum Gasteiger partial charge on any atom is -0.427 e. The van der Waals surface area contributed by atoms with Crippen molar-refractivity contribution in [1.29, 1.82) is 0 Å². The highest BCUT2D eigenvalue weighted by atomic mass is 16.5. The first-order valence-electron chi connectivity index (χ1n) is 14.8. The molecule has 3 atom stereocenters. The third kappa shape index (κ3) is 7.05. The zero-order chi connectivity index (χ0) is 26.4. The summed E-state index contributed by atoms with van der Waals surface area (Å²) in [5.74, 6) is 2.01. The van der Waals surface area contributed by atoms with E-state index in [1.54, 1.807) is 0 Å². The van der Waals surface area contributed by atoms with Crippen LogP contribution in [0.4, 0.5) is 0 Å². The van der Waals surface area contributed by atoms with E-state index in [1.807, 2.05) is 12.1 Å². The highest BCUT2D eigenvalue weighted by Crippen LogP contribution is 2.50. The van der Waals surface area contributed by atoms with Crippen molar-refractivity contribution in [2.45, 2.75) is 89.0 Å². The molecule has 0 radical (unpaired) electrons. The highest BCUT2D eigenvalue weighted by Gasteiger charge is 2.48. The van der Waals surface area contributed by atoms with Crippen molar-refractivity contribution in [3.63, 3.8) is 0 Å². The molecule has 2 saturated carbocycles. The van der Waals surface area contributed by atoms with Gasteiger partial charge in [-0.2, -0.15) is 0 Å². The molecule has 1 N–H and O–H groups in total. The maximum Gasteiger partial charge on any atom is 0.308 e. The highest BCUT2D eigenvalue weighted by molar-refractivity contribution is 5.76. The molecule has 1 heterocycles. The van der Waals surface area contributed by atoms with Gasteiger partial charge in [-0.3, -0.25) is 9.59 Å². The molecule has 1 aliphatic heterocycles. The smallest absolute Gasteiger partial charge is 0.308 e. The molecule has 1 saturated heterocycles. The normalized spacial score (nSPS) is 25.4. The van der Waals surface area contributed by atoms with E-state index >= 15 is 0 Å². The zero-order valence-corrected chi connectivity index (χ0v) is 23.0. The summed E-state index contributed by atoms with van der Waals surface area (Å²) in [6.07, 6.45) is 11.9. The Morgan fingerprint density at radius 2 is 1.84 bits per heavy atom. The van der Waals surface area contributed by atoms with Gasteiger partial charge in [0.05, 0.1) is 0 Å². The number of hydrogen-bond donors (Lipinski definition) is 1. The van der Waals surface area contributed by atoms with Gasteiger partial charge >= 0.3 is 5.97 Å². The number of ether oxygens (including phenoxy) is 1. The summed E-state index contributed by atoms with van der Waals surface area (Å²) in [5, 5.41) is 3.42. The lowest BCUT2D eigenvalue weighted by molar-refractivity contribution is -0.132. The maximum atomic E-state index is 12.9. The van der Waals surface area contributed by atoms with E-state index in [0.717, 1.165) is 70.4 Å². The lowest BCUT2D eigenvalue weighted by Gasteiger charge is -2.53. The second-order valence-electron chi connectivity index (χ2n) is 12.0. The third-order valence-corrected chi connectivity index (χ3v) is 9.07. The number of rotatable bonds is 11. The standard InChI is InChI=1S/C33H44N2O3/c1-25(36)38-31-13-8-12-28(21-31)33-19-20-35(23-27-15-16-27)24-29(33)17-18-30(22-33)34-32(37)14-7-3-6-11-26-9-4-2-5-10-26/h2,4-5,8-10,12-13,21,27,29-30H,3,6-7,11,14-20,22-24H2,1H3,(H,34,37)/t29-,30-,33+/m1/s1. The van der Waals surface area contributed by atoms with Crippen LogP contribution in [0.15, 0.2) is 54.6 Å². The van der Waals surface area contributed by atoms with Crippen molar-refractivity contribution in [3.8, 4) is 5.75 Å². The number of fused-ring (bicyclic) bond motifs is 1. The molecule has 204 valence electrons. The first kappa shape index (κ1) is 26.9. The molecule has 38 heavy (non-hydrogen) atoms. The molecule has 5 nitrogen and oxygen atoms in total. The van der Waals surface area contributed by atoms with E-state index in [-0.39, 0.29) is 23.3 Å². The van der Waals surface area contributed by atoms with Crippen LogP contribution in [0.3, 0.4) is 0 Å². The van der Waals surface area contributed by atoms with Crippen LogP contribution in [0.2, 0.25) is 0 Å². The van der Waals surface area contributed by atoms with Crippen LogP contribution in [-0.4, -0.2) is 42.5 Å². The molecule has 2 aromatic carbocycles. The van der Waals surface area contributed by atoms with Crippen LogP contribution < -0.4 is 10.1 Å². The number of nitrogens with one attached hydrogen (secondary N) is 1. The lowest BCUT2D eigenvalue weighted by atomic mass is 9.58. The van der Waals surface area contributed by atoms with Gasteiger partial charge in [0.15, 0.2) is 0 Å². The van der Waals surface area contributed by atoms with E-state index in [2.05, 4.69) is 52.7 Å². The number of carbonyl (C=O) groups excluding carboxylic acids is 2. The predicted molar refractivity (Wildman–Crippen MR) is 151 cm³/mol. The number of carbonyl (C=O) groups is 2. The molecule has 0 aromatic heterocycles. The van der Waals surface area contributed by atoms with Crippen molar-refractivity contribution >= 4 is 11.9 Å². The molecular formula is C33H44N2O3. The molecule has 0 bridgehead atoms. The summed E-state index contributed by atoms with van der Waals surface area (Å²) in [7, 11) is 0. The Hall–Kier alpha value is -2.66. The molecule has 5 rings (SSSR count). The Labute approximate surface area is 228 Å². The Morgan fingerprint density at radius 1 is 1.00 bits per heavy atom. The minimum atomic E-state index is -0.284. The number of unbranched alkanes of at least 4 members (excludes halogenated alkanes) is 2. The lowest BCUT2D eigenvalue weighted by Crippen LogP contribution is -2.56. The maximum absolute atomic E-state index is 12.9. The molecule has 2 aromatic rings. The molecule has 2 aliphatic carbocycles. The van der Waals surface area contributed by atoms with Gasteiger partial charge in [-0.05, 0) is 99.4 Å². The van der Waals surface area contributed by atoms with Crippen molar-refractivity contribution < 1.29 is 14.3 Å². The average Bonchev–Trinajstić information content (AvgIpc) is 3.73. The fourth-order valence-corrected chi connectivity index (χ4v) is 6.94. The monoisotopic (exact) mass is 516 g/mol. The van der Waals surface area contributed by atoms with Crippen molar-refractivity contribution in [1.82, 2.24) is 10.2 Å². The van der Waals surface area contributed by atoms with E-state index in [1.165, 1.54) is 37.4 Å². The van der Waals surface area contributed by atoms with E-state index in [9.17, 15) is 9.59 Å². The van der Waals surface area contributed by atoms with E-state index < -0.39 is 0 Å². The number of esters is 1. The number of nitrogens with zero attached hydrogens (tertiary/aromatic N) is 1. The van der Waals surface area contributed by atoms with E-state index in [4.69, 9.17) is 4.74 Å². The van der Waals surface area contributed by atoms with Crippen LogP contribution in [-0.2, 0) is 21.4 Å². The van der Waals surface area contributed by atoms with E-state index in [0.29, 0.717) is 18.1 Å². The first-order valence-corrected chi connectivity index (χ1v) is 14.8. The van der Waals surface area contributed by atoms with Gasteiger partial charge in [0.25, 0.3) is 0 Å². The topological polar surface area (TPSA) is 58.6 Å². The Bertz CT molecular complexity index is 1080. The zero-order valence-electron chi connectivity index (χ0n) is 23.0. The van der Waals surface area contributed by atoms with Crippen LogP contribution >= 0.6 is 0 Å². The summed E-state index contributed by atoms with van der Waals surface area (Å²) in [4.78, 5) is 27.2. The second kappa shape index (κ2) is 12.5. The van der Waals surface area contributed by atoms with Gasteiger partial charge in [-0.25, -0.2) is 0 Å². The summed E-state index contributed by atoms with van der Waals surface area (Å²) >= 11 is 0. The first-order chi connectivity index (χ1) is 18.5. The third-order valence-electron chi connectivity index (χ3n) is 9.07. The quantitative estimate of drug-likeness (QED) is 0.224. The number of amides is 1. The minimum absolute atomic E-state index is 0.0160. The predicted octanol–water partition coefficient (Wildman–Crippen LogP) is 6.05. The van der Waals surface area contributed by atoms with Crippen molar-refractivity contribution in [2.24, 2.45) is 11.8 Å². The number of piperidine rings is 1.